The summed E-state index contributed by atoms with van der Waals surface area (Å²) in [4.78, 5) is 2.54. The van der Waals surface area contributed by atoms with Gasteiger partial charge in [-0.25, -0.2) is 0 Å². The first kappa shape index (κ1) is 14.8. The molecule has 1 aromatic rings. The van der Waals surface area contributed by atoms with Crippen LogP contribution in [-0.2, 0) is 0 Å². The number of hydrogen-bond donors (Lipinski definition) is 0. The molecule has 0 aliphatic rings. The van der Waals surface area contributed by atoms with E-state index in [2.05, 4.69) is 62.4 Å². The molecule has 0 amide bonds. The van der Waals surface area contributed by atoms with Crippen molar-refractivity contribution in [3.63, 3.8) is 0 Å². The lowest BCUT2D eigenvalue weighted by Crippen LogP contribution is -1.85. The smallest absolute Gasteiger partial charge is 0.0122 e. The zero-order valence-corrected chi connectivity index (χ0v) is 12.5. The van der Waals surface area contributed by atoms with E-state index in [9.17, 15) is 0 Å². The van der Waals surface area contributed by atoms with Crippen LogP contribution in [0, 0.1) is 0 Å². The molecule has 0 heterocycles. The Labute approximate surface area is 116 Å². The summed E-state index contributed by atoms with van der Waals surface area (Å²) in [7, 11) is 0. The molecule has 0 nitrogen and oxygen atoms in total. The topological polar surface area (TPSA) is 0 Å². The van der Waals surface area contributed by atoms with Crippen LogP contribution in [0.5, 0.6) is 0 Å². The molecule has 1 aromatic carbocycles. The summed E-state index contributed by atoms with van der Waals surface area (Å²) in [6, 6.07) is 8.84. The van der Waals surface area contributed by atoms with Gasteiger partial charge in [0.15, 0.2) is 0 Å². The molecule has 1 heteroatoms. The van der Waals surface area contributed by atoms with E-state index in [1.54, 1.807) is 11.8 Å². The predicted octanol–water partition coefficient (Wildman–Crippen LogP) is 5.94. The van der Waals surface area contributed by atoms with E-state index in [4.69, 9.17) is 0 Å². The van der Waals surface area contributed by atoms with Crippen molar-refractivity contribution >= 4 is 11.8 Å². The highest BCUT2D eigenvalue weighted by Crippen LogP contribution is 2.28. The molecule has 0 atom stereocenters. The predicted molar refractivity (Wildman–Crippen MR) is 84.1 cm³/mol. The van der Waals surface area contributed by atoms with Crippen LogP contribution in [0.1, 0.15) is 39.2 Å². The fourth-order valence-electron chi connectivity index (χ4n) is 1.54. The molecule has 18 heavy (non-hydrogen) atoms. The fourth-order valence-corrected chi connectivity index (χ4v) is 2.43. The van der Waals surface area contributed by atoms with Gasteiger partial charge in [-0.2, -0.15) is 0 Å². The first-order chi connectivity index (χ1) is 8.67. The number of hydrogen-bond acceptors (Lipinski definition) is 1. The average Bonchev–Trinajstić information content (AvgIpc) is 2.37. The summed E-state index contributed by atoms with van der Waals surface area (Å²) in [6.07, 6.45) is 10.5. The standard InChI is InChI=1S/C17H22S/c1-5-7-9-16(8-6-2)18-17-12-10-15(11-13-17)14(3)4/h5-14H,1-4H3/b7-5+,8-6-,16-9+. The van der Waals surface area contributed by atoms with Gasteiger partial charge in [0, 0.05) is 9.80 Å². The number of allylic oxidation sites excluding steroid dienone is 5. The molecule has 0 unspecified atom stereocenters. The Bertz CT molecular complexity index is 433. The highest BCUT2D eigenvalue weighted by molar-refractivity contribution is 8.03. The van der Waals surface area contributed by atoms with Crippen molar-refractivity contribution < 1.29 is 0 Å². The van der Waals surface area contributed by atoms with Gasteiger partial charge in [0.2, 0.25) is 0 Å². The van der Waals surface area contributed by atoms with Gasteiger partial charge in [-0.1, -0.05) is 62.0 Å². The van der Waals surface area contributed by atoms with Crippen LogP contribution in [0.2, 0.25) is 0 Å². The maximum atomic E-state index is 2.22. The van der Waals surface area contributed by atoms with Gasteiger partial charge < -0.3 is 0 Å². The van der Waals surface area contributed by atoms with E-state index < -0.39 is 0 Å². The second-order valence-electron chi connectivity index (χ2n) is 4.42. The zero-order valence-electron chi connectivity index (χ0n) is 11.7. The Kier molecular flexibility index (Phi) is 6.59. The summed E-state index contributed by atoms with van der Waals surface area (Å²) < 4.78 is 0. The van der Waals surface area contributed by atoms with Crippen molar-refractivity contribution in [1.82, 2.24) is 0 Å². The quantitative estimate of drug-likeness (QED) is 0.465. The van der Waals surface area contributed by atoms with Gasteiger partial charge in [-0.05, 0) is 43.5 Å². The third kappa shape index (κ3) is 4.97. The zero-order chi connectivity index (χ0) is 13.4. The molecule has 0 N–H and O–H groups in total. The molecular formula is C17H22S. The Morgan fingerprint density at radius 2 is 1.72 bits per heavy atom. The van der Waals surface area contributed by atoms with E-state index in [0.29, 0.717) is 5.92 Å². The highest BCUT2D eigenvalue weighted by Gasteiger charge is 2.00. The maximum absolute atomic E-state index is 2.22. The minimum Gasteiger partial charge on any atom is -0.0901 e. The lowest BCUT2D eigenvalue weighted by molar-refractivity contribution is 0.865. The second-order valence-corrected chi connectivity index (χ2v) is 5.57. The van der Waals surface area contributed by atoms with Crippen molar-refractivity contribution in [1.29, 1.82) is 0 Å². The van der Waals surface area contributed by atoms with E-state index in [-0.39, 0.29) is 0 Å². The largest absolute Gasteiger partial charge is 0.0901 e. The van der Waals surface area contributed by atoms with Crippen molar-refractivity contribution in [2.45, 2.75) is 38.5 Å². The molecule has 0 aliphatic carbocycles. The van der Waals surface area contributed by atoms with Crippen molar-refractivity contribution in [2.24, 2.45) is 0 Å². The molecule has 0 spiro atoms. The normalized spacial score (nSPS) is 13.1. The van der Waals surface area contributed by atoms with Gasteiger partial charge in [0.1, 0.15) is 0 Å². The summed E-state index contributed by atoms with van der Waals surface area (Å²) >= 11 is 1.80. The first-order valence-corrected chi connectivity index (χ1v) is 7.22. The summed E-state index contributed by atoms with van der Waals surface area (Å²) in [5, 5.41) is 0. The summed E-state index contributed by atoms with van der Waals surface area (Å²) in [6.45, 7) is 8.52. The monoisotopic (exact) mass is 258 g/mol. The first-order valence-electron chi connectivity index (χ1n) is 6.41. The van der Waals surface area contributed by atoms with E-state index in [1.807, 2.05) is 19.9 Å². The van der Waals surface area contributed by atoms with Crippen LogP contribution in [0.4, 0.5) is 0 Å². The molecule has 0 bridgehead atoms. The molecule has 96 valence electrons. The number of benzene rings is 1. The van der Waals surface area contributed by atoms with Crippen LogP contribution < -0.4 is 0 Å². The molecule has 0 aromatic heterocycles. The number of thioether (sulfide) groups is 1. The third-order valence-corrected chi connectivity index (χ3v) is 3.58. The van der Waals surface area contributed by atoms with Crippen LogP contribution >= 0.6 is 11.8 Å². The molecule has 0 saturated carbocycles. The van der Waals surface area contributed by atoms with Gasteiger partial charge in [0.25, 0.3) is 0 Å². The Morgan fingerprint density at radius 3 is 2.22 bits per heavy atom. The van der Waals surface area contributed by atoms with Crippen LogP contribution in [0.15, 0.2) is 64.4 Å². The molecule has 0 fully saturated rings. The van der Waals surface area contributed by atoms with Crippen molar-refractivity contribution in [3.8, 4) is 0 Å². The van der Waals surface area contributed by atoms with Crippen molar-refractivity contribution in [3.05, 3.63) is 65.1 Å². The highest BCUT2D eigenvalue weighted by atomic mass is 32.2. The van der Waals surface area contributed by atoms with Crippen LogP contribution in [0.25, 0.3) is 0 Å². The summed E-state index contributed by atoms with van der Waals surface area (Å²) in [5.74, 6) is 0.595. The van der Waals surface area contributed by atoms with Gasteiger partial charge >= 0.3 is 0 Å². The molecule has 0 aliphatic heterocycles. The molecule has 1 rings (SSSR count). The van der Waals surface area contributed by atoms with Crippen molar-refractivity contribution in [2.75, 3.05) is 0 Å². The summed E-state index contributed by atoms with van der Waals surface area (Å²) in [5.41, 5.74) is 1.39. The molecule has 0 radical (unpaired) electrons. The maximum Gasteiger partial charge on any atom is 0.0122 e. The Morgan fingerprint density at radius 1 is 1.06 bits per heavy atom. The second kappa shape index (κ2) is 7.99. The SMILES string of the molecule is C\C=C/C(=C\C=C\C)Sc1ccc(C(C)C)cc1. The minimum absolute atomic E-state index is 0.595. The Hall–Kier alpha value is -1.21. The van der Waals surface area contributed by atoms with Crippen LogP contribution in [0.3, 0.4) is 0 Å². The van der Waals surface area contributed by atoms with E-state index in [0.717, 1.165) is 0 Å². The van der Waals surface area contributed by atoms with Crippen LogP contribution in [-0.4, -0.2) is 0 Å². The lowest BCUT2D eigenvalue weighted by atomic mass is 10.0. The van der Waals surface area contributed by atoms with Gasteiger partial charge in [-0.15, -0.1) is 0 Å². The van der Waals surface area contributed by atoms with Gasteiger partial charge in [-0.3, -0.25) is 0 Å². The number of rotatable bonds is 5. The van der Waals surface area contributed by atoms with E-state index >= 15 is 0 Å². The van der Waals surface area contributed by atoms with E-state index in [1.165, 1.54) is 15.4 Å². The molecule has 0 saturated heterocycles. The molecular weight excluding hydrogens is 236 g/mol. The Balaban J connectivity index is 2.81. The average molecular weight is 258 g/mol. The minimum atomic E-state index is 0.595. The van der Waals surface area contributed by atoms with Gasteiger partial charge in [0.05, 0.1) is 0 Å². The fraction of sp³-hybridized carbons (Fsp3) is 0.294. The third-order valence-electron chi connectivity index (χ3n) is 2.57. The lowest BCUT2D eigenvalue weighted by Gasteiger charge is -2.07.